The Morgan fingerprint density at radius 2 is 1.74 bits per heavy atom. The van der Waals surface area contributed by atoms with E-state index in [-0.39, 0.29) is 22.4 Å². The van der Waals surface area contributed by atoms with Crippen LogP contribution in [-0.2, 0) is 6.54 Å². The van der Waals surface area contributed by atoms with Gasteiger partial charge in [-0.2, -0.15) is 0 Å². The Hall–Kier alpha value is -4.34. The van der Waals surface area contributed by atoms with Crippen LogP contribution >= 0.6 is 0 Å². The Labute approximate surface area is 176 Å². The molecule has 0 fully saturated rings. The first kappa shape index (κ1) is 20.0. The molecular weight excluding hydrogens is 402 g/mol. The van der Waals surface area contributed by atoms with E-state index in [9.17, 15) is 10.1 Å². The van der Waals surface area contributed by atoms with E-state index in [2.05, 4.69) is 20.9 Å². The molecule has 0 atom stereocenters. The maximum absolute atomic E-state index is 11.8. The maximum Gasteiger partial charge on any atom is 0.323 e. The standard InChI is InChI=1S/C21H19N5O5/c1-29-14-8-9-18(30-2)15(10-14)23-16-11-17(22-12-13-6-4-3-5-7-13)21(26(27)28)20-19(16)24-31-25-20/h3-11,22-23H,12H2,1-2H3. The summed E-state index contributed by atoms with van der Waals surface area (Å²) in [6.07, 6.45) is 0. The van der Waals surface area contributed by atoms with E-state index in [0.29, 0.717) is 29.4 Å². The summed E-state index contributed by atoms with van der Waals surface area (Å²) in [5, 5.41) is 25.8. The fourth-order valence-corrected chi connectivity index (χ4v) is 3.19. The number of methoxy groups -OCH3 is 2. The van der Waals surface area contributed by atoms with Gasteiger partial charge in [-0.3, -0.25) is 10.1 Å². The molecule has 0 saturated heterocycles. The lowest BCUT2D eigenvalue weighted by Crippen LogP contribution is -2.05. The summed E-state index contributed by atoms with van der Waals surface area (Å²) in [5.74, 6) is 1.17. The molecule has 0 bridgehead atoms. The summed E-state index contributed by atoms with van der Waals surface area (Å²) < 4.78 is 15.5. The van der Waals surface area contributed by atoms with Crippen molar-refractivity contribution >= 4 is 33.8 Å². The van der Waals surface area contributed by atoms with Crippen LogP contribution in [0.15, 0.2) is 59.2 Å². The van der Waals surface area contributed by atoms with Gasteiger partial charge in [0.1, 0.15) is 17.2 Å². The van der Waals surface area contributed by atoms with Gasteiger partial charge in [0.2, 0.25) is 5.52 Å². The molecule has 0 spiro atoms. The SMILES string of the molecule is COc1ccc(OC)c(Nc2cc(NCc3ccccc3)c([N+](=O)[O-])c3nonc23)c1. The minimum Gasteiger partial charge on any atom is -0.497 e. The molecule has 0 aliphatic carbocycles. The molecule has 1 heterocycles. The average Bonchev–Trinajstić information content (AvgIpc) is 3.28. The van der Waals surface area contributed by atoms with Crippen LogP contribution in [0.1, 0.15) is 5.56 Å². The molecule has 0 amide bonds. The number of nitrogens with zero attached hydrogens (tertiary/aromatic N) is 3. The normalized spacial score (nSPS) is 10.6. The van der Waals surface area contributed by atoms with Crippen LogP contribution in [0, 0.1) is 10.1 Å². The molecule has 10 nitrogen and oxygen atoms in total. The van der Waals surface area contributed by atoms with E-state index in [1.165, 1.54) is 0 Å². The quantitative estimate of drug-likeness (QED) is 0.312. The molecule has 158 valence electrons. The number of hydrogen-bond donors (Lipinski definition) is 2. The third kappa shape index (κ3) is 4.04. The number of nitrogens with one attached hydrogen (secondary N) is 2. The van der Waals surface area contributed by atoms with Gasteiger partial charge >= 0.3 is 5.69 Å². The third-order valence-corrected chi connectivity index (χ3v) is 4.70. The highest BCUT2D eigenvalue weighted by Crippen LogP contribution is 2.40. The van der Waals surface area contributed by atoms with Crippen LogP contribution < -0.4 is 20.1 Å². The van der Waals surface area contributed by atoms with E-state index in [0.717, 1.165) is 5.56 Å². The van der Waals surface area contributed by atoms with Gasteiger partial charge in [-0.25, -0.2) is 4.63 Å². The van der Waals surface area contributed by atoms with Gasteiger partial charge in [-0.15, -0.1) is 0 Å². The van der Waals surface area contributed by atoms with Gasteiger partial charge in [-0.05, 0) is 34.1 Å². The minimum absolute atomic E-state index is 0.0347. The Kier molecular flexibility index (Phi) is 5.52. The molecule has 0 aliphatic rings. The predicted octanol–water partition coefficient (Wildman–Crippen LogP) is 4.50. The molecule has 0 saturated carbocycles. The van der Waals surface area contributed by atoms with E-state index in [1.54, 1.807) is 38.5 Å². The summed E-state index contributed by atoms with van der Waals surface area (Å²) in [6, 6.07) is 16.4. The molecule has 0 unspecified atom stereocenters. The van der Waals surface area contributed by atoms with Gasteiger partial charge in [-0.1, -0.05) is 30.3 Å². The number of rotatable bonds is 8. The summed E-state index contributed by atoms with van der Waals surface area (Å²) in [7, 11) is 3.10. The van der Waals surface area contributed by atoms with Crippen molar-refractivity contribution in [1.29, 1.82) is 0 Å². The summed E-state index contributed by atoms with van der Waals surface area (Å²) in [6.45, 7) is 0.389. The van der Waals surface area contributed by atoms with Crippen LogP contribution in [0.5, 0.6) is 11.5 Å². The number of hydrogen-bond acceptors (Lipinski definition) is 9. The third-order valence-electron chi connectivity index (χ3n) is 4.70. The topological polar surface area (TPSA) is 125 Å². The minimum atomic E-state index is -0.504. The summed E-state index contributed by atoms with van der Waals surface area (Å²) >= 11 is 0. The Morgan fingerprint density at radius 3 is 2.45 bits per heavy atom. The molecule has 31 heavy (non-hydrogen) atoms. The lowest BCUT2D eigenvalue weighted by Gasteiger charge is -2.14. The number of anilines is 3. The first-order valence-corrected chi connectivity index (χ1v) is 9.31. The predicted molar refractivity (Wildman–Crippen MR) is 115 cm³/mol. The van der Waals surface area contributed by atoms with E-state index in [4.69, 9.17) is 14.1 Å². The lowest BCUT2D eigenvalue weighted by atomic mass is 10.1. The largest absolute Gasteiger partial charge is 0.497 e. The molecule has 4 rings (SSSR count). The number of nitro benzene ring substituents is 1. The second kappa shape index (κ2) is 8.57. The average molecular weight is 421 g/mol. The number of aromatic nitrogens is 2. The molecule has 0 radical (unpaired) electrons. The van der Waals surface area contributed by atoms with Crippen LogP contribution in [0.4, 0.5) is 22.7 Å². The monoisotopic (exact) mass is 421 g/mol. The zero-order valence-electron chi connectivity index (χ0n) is 16.8. The van der Waals surface area contributed by atoms with Crippen LogP contribution in [0.2, 0.25) is 0 Å². The van der Waals surface area contributed by atoms with Crippen molar-refractivity contribution in [2.75, 3.05) is 24.9 Å². The fraction of sp³-hybridized carbons (Fsp3) is 0.143. The summed E-state index contributed by atoms with van der Waals surface area (Å²) in [4.78, 5) is 11.3. The second-order valence-electron chi connectivity index (χ2n) is 6.57. The summed E-state index contributed by atoms with van der Waals surface area (Å²) in [5.41, 5.74) is 2.35. The van der Waals surface area contributed by atoms with Crippen LogP contribution in [-0.4, -0.2) is 29.5 Å². The molecular formula is C21H19N5O5. The smallest absolute Gasteiger partial charge is 0.323 e. The van der Waals surface area contributed by atoms with Crippen LogP contribution in [0.3, 0.4) is 0 Å². The van der Waals surface area contributed by atoms with Crippen molar-refractivity contribution in [3.63, 3.8) is 0 Å². The maximum atomic E-state index is 11.8. The molecule has 0 aliphatic heterocycles. The highest BCUT2D eigenvalue weighted by molar-refractivity contribution is 6.00. The first-order valence-electron chi connectivity index (χ1n) is 9.31. The van der Waals surface area contributed by atoms with E-state index >= 15 is 0 Å². The van der Waals surface area contributed by atoms with E-state index in [1.807, 2.05) is 30.3 Å². The Balaban J connectivity index is 1.78. The first-order chi connectivity index (χ1) is 15.1. The number of nitro groups is 1. The van der Waals surface area contributed by atoms with Crippen LogP contribution in [0.25, 0.3) is 11.0 Å². The van der Waals surface area contributed by atoms with Crippen molar-refractivity contribution < 1.29 is 19.0 Å². The Morgan fingerprint density at radius 1 is 0.968 bits per heavy atom. The molecule has 3 aromatic carbocycles. The molecule has 4 aromatic rings. The highest BCUT2D eigenvalue weighted by Gasteiger charge is 2.26. The van der Waals surface area contributed by atoms with Gasteiger partial charge in [0.25, 0.3) is 0 Å². The van der Waals surface area contributed by atoms with Gasteiger partial charge in [0.05, 0.1) is 30.5 Å². The Bertz CT molecular complexity index is 1230. The number of ether oxygens (including phenoxy) is 2. The molecule has 2 N–H and O–H groups in total. The molecule has 1 aromatic heterocycles. The van der Waals surface area contributed by atoms with Gasteiger partial charge < -0.3 is 20.1 Å². The van der Waals surface area contributed by atoms with Crippen molar-refractivity contribution in [2.24, 2.45) is 0 Å². The van der Waals surface area contributed by atoms with Gasteiger partial charge in [0, 0.05) is 12.6 Å². The van der Waals surface area contributed by atoms with Crippen molar-refractivity contribution in [3.8, 4) is 11.5 Å². The fourth-order valence-electron chi connectivity index (χ4n) is 3.19. The van der Waals surface area contributed by atoms with E-state index < -0.39 is 4.92 Å². The van der Waals surface area contributed by atoms with Crippen molar-refractivity contribution in [3.05, 3.63) is 70.3 Å². The highest BCUT2D eigenvalue weighted by atomic mass is 16.6. The van der Waals surface area contributed by atoms with Crippen molar-refractivity contribution in [2.45, 2.75) is 6.54 Å². The van der Waals surface area contributed by atoms with Crippen molar-refractivity contribution in [1.82, 2.24) is 10.3 Å². The lowest BCUT2D eigenvalue weighted by molar-refractivity contribution is -0.382. The zero-order valence-corrected chi connectivity index (χ0v) is 16.8. The van der Waals surface area contributed by atoms with Gasteiger partial charge in [0.15, 0.2) is 5.52 Å². The number of benzene rings is 3. The zero-order chi connectivity index (χ0) is 21.8. The number of fused-ring (bicyclic) bond motifs is 1. The second-order valence-corrected chi connectivity index (χ2v) is 6.57. The molecule has 10 heteroatoms.